The van der Waals surface area contributed by atoms with E-state index in [9.17, 15) is 27.2 Å². The van der Waals surface area contributed by atoms with Crippen LogP contribution < -0.4 is 5.32 Å². The molecule has 0 aliphatic carbocycles. The number of alkyl halides is 3. The number of nitrogens with one attached hydrogen (secondary N) is 1. The third-order valence-corrected chi connectivity index (χ3v) is 3.21. The summed E-state index contributed by atoms with van der Waals surface area (Å²) in [5, 5.41) is 2.43. The van der Waals surface area contributed by atoms with Crippen LogP contribution >= 0.6 is 0 Å². The smallest absolute Gasteiger partial charge is 0.359 e. The molecular formula is C17H25F4N3O2. The van der Waals surface area contributed by atoms with Crippen molar-refractivity contribution in [1.29, 1.82) is 0 Å². The van der Waals surface area contributed by atoms with Gasteiger partial charge < -0.3 is 15.1 Å². The molecule has 0 spiro atoms. The Labute approximate surface area is 151 Å². The summed E-state index contributed by atoms with van der Waals surface area (Å²) in [6.45, 7) is 3.72. The number of halogens is 4. The van der Waals surface area contributed by atoms with E-state index in [1.54, 1.807) is 0 Å². The van der Waals surface area contributed by atoms with Crippen LogP contribution in [-0.2, 0) is 11.0 Å². The van der Waals surface area contributed by atoms with Crippen molar-refractivity contribution in [3.8, 4) is 0 Å². The summed E-state index contributed by atoms with van der Waals surface area (Å²) in [5.74, 6) is -1.70. The zero-order valence-electron chi connectivity index (χ0n) is 15.4. The first-order valence-corrected chi connectivity index (χ1v) is 7.97. The molecule has 1 aromatic rings. The second-order valence-corrected chi connectivity index (χ2v) is 5.79. The fourth-order valence-corrected chi connectivity index (χ4v) is 1.91. The van der Waals surface area contributed by atoms with E-state index in [4.69, 9.17) is 0 Å². The lowest BCUT2D eigenvalue weighted by Crippen LogP contribution is -2.30. The lowest BCUT2D eigenvalue weighted by molar-refractivity contribution is -0.137. The topological polar surface area (TPSA) is 52.7 Å². The number of hydrogen-bond acceptors (Lipinski definition) is 3. The third-order valence-electron chi connectivity index (χ3n) is 3.21. The van der Waals surface area contributed by atoms with E-state index in [2.05, 4.69) is 5.32 Å². The Morgan fingerprint density at radius 1 is 1.15 bits per heavy atom. The van der Waals surface area contributed by atoms with Gasteiger partial charge in [0.2, 0.25) is 6.41 Å². The molecule has 5 nitrogen and oxygen atoms in total. The third kappa shape index (κ3) is 9.36. The van der Waals surface area contributed by atoms with Gasteiger partial charge in [0.25, 0.3) is 5.91 Å². The fraction of sp³-hybridized carbons (Fsp3) is 0.529. The van der Waals surface area contributed by atoms with Gasteiger partial charge in [0.05, 0.1) is 5.56 Å². The molecule has 0 aliphatic heterocycles. The van der Waals surface area contributed by atoms with Crippen LogP contribution in [0.3, 0.4) is 0 Å². The SMILES string of the molecule is CCNC=O.CN(C)CCCN(C)C(=O)c1cc(F)cc(C(F)(F)F)c1. The van der Waals surface area contributed by atoms with E-state index in [-0.39, 0.29) is 5.56 Å². The van der Waals surface area contributed by atoms with Crippen LogP contribution in [0.1, 0.15) is 29.3 Å². The Balaban J connectivity index is 0.00000110. The number of benzene rings is 1. The van der Waals surface area contributed by atoms with Crippen molar-refractivity contribution in [3.63, 3.8) is 0 Å². The molecule has 26 heavy (non-hydrogen) atoms. The van der Waals surface area contributed by atoms with Crippen molar-refractivity contribution in [2.24, 2.45) is 0 Å². The highest BCUT2D eigenvalue weighted by molar-refractivity contribution is 5.94. The number of amides is 2. The van der Waals surface area contributed by atoms with Crippen LogP contribution in [0.5, 0.6) is 0 Å². The van der Waals surface area contributed by atoms with Crippen molar-refractivity contribution in [3.05, 3.63) is 35.1 Å². The summed E-state index contributed by atoms with van der Waals surface area (Å²) in [6, 6.07) is 1.87. The maximum Gasteiger partial charge on any atom is 0.416 e. The van der Waals surface area contributed by atoms with Gasteiger partial charge in [0, 0.05) is 25.7 Å². The molecule has 148 valence electrons. The largest absolute Gasteiger partial charge is 0.416 e. The zero-order chi connectivity index (χ0) is 20.3. The molecule has 1 rings (SSSR count). The summed E-state index contributed by atoms with van der Waals surface area (Å²) in [5.41, 5.74) is -1.46. The minimum absolute atomic E-state index is 0.297. The van der Waals surface area contributed by atoms with Crippen molar-refractivity contribution < 1.29 is 27.2 Å². The van der Waals surface area contributed by atoms with E-state index < -0.39 is 23.5 Å². The minimum atomic E-state index is -4.68. The molecule has 0 radical (unpaired) electrons. The monoisotopic (exact) mass is 379 g/mol. The molecule has 0 unspecified atom stereocenters. The summed E-state index contributed by atoms with van der Waals surface area (Å²) in [6.07, 6.45) is -3.32. The van der Waals surface area contributed by atoms with Gasteiger partial charge in [-0.3, -0.25) is 9.59 Å². The van der Waals surface area contributed by atoms with Crippen molar-refractivity contribution in [2.75, 3.05) is 40.8 Å². The predicted octanol–water partition coefficient (Wildman–Crippen LogP) is 2.62. The molecule has 9 heteroatoms. The van der Waals surface area contributed by atoms with Gasteiger partial charge in [-0.15, -0.1) is 0 Å². The van der Waals surface area contributed by atoms with Crippen LogP contribution in [0.4, 0.5) is 17.6 Å². The molecule has 0 aromatic heterocycles. The predicted molar refractivity (Wildman–Crippen MR) is 91.3 cm³/mol. The molecule has 0 saturated carbocycles. The minimum Gasteiger partial charge on any atom is -0.359 e. The van der Waals surface area contributed by atoms with Crippen LogP contribution in [0, 0.1) is 5.82 Å². The molecule has 0 saturated heterocycles. The Bertz CT molecular complexity index is 578. The van der Waals surface area contributed by atoms with Crippen molar-refractivity contribution >= 4 is 12.3 Å². The molecule has 2 amide bonds. The standard InChI is InChI=1S/C14H18F4N2O.C3H7NO/c1-19(2)5-4-6-20(3)13(21)10-7-11(14(16,17)18)9-12(15)8-10;1-2-4-3-5/h7-9H,4-6H2,1-3H3;3H,2H2,1H3,(H,4,5). The number of rotatable bonds is 7. The number of carbonyl (C=O) groups excluding carboxylic acids is 2. The van der Waals surface area contributed by atoms with E-state index in [1.165, 1.54) is 11.9 Å². The highest BCUT2D eigenvalue weighted by Crippen LogP contribution is 2.30. The van der Waals surface area contributed by atoms with Gasteiger partial charge in [-0.05, 0) is 52.2 Å². The van der Waals surface area contributed by atoms with E-state index >= 15 is 0 Å². The van der Waals surface area contributed by atoms with Gasteiger partial charge in [-0.25, -0.2) is 4.39 Å². The summed E-state index contributed by atoms with van der Waals surface area (Å²) in [7, 11) is 5.24. The molecule has 0 bridgehead atoms. The molecule has 0 atom stereocenters. The summed E-state index contributed by atoms with van der Waals surface area (Å²) < 4.78 is 51.1. The number of hydrogen-bond donors (Lipinski definition) is 1. The average molecular weight is 379 g/mol. The van der Waals surface area contributed by atoms with Crippen molar-refractivity contribution in [2.45, 2.75) is 19.5 Å². The van der Waals surface area contributed by atoms with Gasteiger partial charge in [-0.1, -0.05) is 0 Å². The lowest BCUT2D eigenvalue weighted by atomic mass is 10.1. The Morgan fingerprint density at radius 2 is 1.77 bits per heavy atom. The molecule has 1 N–H and O–H groups in total. The lowest BCUT2D eigenvalue weighted by Gasteiger charge is -2.19. The first-order chi connectivity index (χ1) is 12.0. The molecule has 0 heterocycles. The van der Waals surface area contributed by atoms with Crippen LogP contribution in [0.2, 0.25) is 0 Å². The second-order valence-electron chi connectivity index (χ2n) is 5.79. The quantitative estimate of drug-likeness (QED) is 0.585. The first-order valence-electron chi connectivity index (χ1n) is 7.97. The Morgan fingerprint density at radius 3 is 2.19 bits per heavy atom. The normalized spacial score (nSPS) is 10.8. The average Bonchev–Trinajstić information content (AvgIpc) is 2.53. The number of nitrogens with zero attached hydrogens (tertiary/aromatic N) is 2. The van der Waals surface area contributed by atoms with Gasteiger partial charge in [0.1, 0.15) is 5.82 Å². The summed E-state index contributed by atoms with van der Waals surface area (Å²) >= 11 is 0. The van der Waals surface area contributed by atoms with Crippen molar-refractivity contribution in [1.82, 2.24) is 15.1 Å². The van der Waals surface area contributed by atoms with Gasteiger partial charge in [-0.2, -0.15) is 13.2 Å². The van der Waals surface area contributed by atoms with Gasteiger partial charge in [0.15, 0.2) is 0 Å². The Hall–Kier alpha value is -2.16. The van der Waals surface area contributed by atoms with E-state index in [0.29, 0.717) is 31.5 Å². The fourth-order valence-electron chi connectivity index (χ4n) is 1.91. The van der Waals surface area contributed by atoms with Crippen LogP contribution in [0.25, 0.3) is 0 Å². The van der Waals surface area contributed by atoms with Gasteiger partial charge >= 0.3 is 6.18 Å². The van der Waals surface area contributed by atoms with Crippen LogP contribution in [0.15, 0.2) is 18.2 Å². The highest BCUT2D eigenvalue weighted by Gasteiger charge is 2.32. The number of carbonyl (C=O) groups is 2. The maximum absolute atomic E-state index is 13.3. The zero-order valence-corrected chi connectivity index (χ0v) is 15.4. The molecule has 0 fully saturated rings. The highest BCUT2D eigenvalue weighted by atomic mass is 19.4. The first kappa shape index (κ1) is 23.8. The van der Waals surface area contributed by atoms with E-state index in [1.807, 2.05) is 25.9 Å². The molecule has 0 aliphatic rings. The van der Waals surface area contributed by atoms with E-state index in [0.717, 1.165) is 19.2 Å². The molecular weight excluding hydrogens is 354 g/mol. The van der Waals surface area contributed by atoms with Crippen LogP contribution in [-0.4, -0.2) is 62.9 Å². The Kier molecular flexibility index (Phi) is 10.5. The second kappa shape index (κ2) is 11.5. The summed E-state index contributed by atoms with van der Waals surface area (Å²) in [4.78, 5) is 24.5. The molecule has 1 aromatic carbocycles. The maximum atomic E-state index is 13.3.